The Balaban J connectivity index is 2.07. The highest BCUT2D eigenvalue weighted by atomic mass is 35.5. The zero-order valence-electron chi connectivity index (χ0n) is 13.3. The molecule has 1 N–H and O–H groups in total. The summed E-state index contributed by atoms with van der Waals surface area (Å²) in [6.45, 7) is 1.67. The number of rotatable bonds is 7. The maximum absolute atomic E-state index is 12.7. The van der Waals surface area contributed by atoms with Crippen LogP contribution in [0.15, 0.2) is 23.1 Å². The minimum absolute atomic E-state index is 0.0146. The van der Waals surface area contributed by atoms with Crippen LogP contribution in [0.4, 0.5) is 8.78 Å². The van der Waals surface area contributed by atoms with Crippen LogP contribution < -0.4 is 10.1 Å². The van der Waals surface area contributed by atoms with Crippen molar-refractivity contribution < 1.29 is 21.9 Å². The van der Waals surface area contributed by atoms with Gasteiger partial charge in [-0.25, -0.2) is 8.42 Å². The van der Waals surface area contributed by atoms with Crippen molar-refractivity contribution in [3.8, 4) is 5.75 Å². The number of hydrogen-bond donors (Lipinski definition) is 1. The molecule has 136 valence electrons. The van der Waals surface area contributed by atoms with E-state index in [1.165, 1.54) is 10.4 Å². The third-order valence-electron chi connectivity index (χ3n) is 4.01. The monoisotopic (exact) mass is 382 g/mol. The van der Waals surface area contributed by atoms with E-state index in [1.807, 2.05) is 6.92 Å². The van der Waals surface area contributed by atoms with Crippen LogP contribution >= 0.6 is 11.6 Å². The zero-order valence-corrected chi connectivity index (χ0v) is 14.9. The molecule has 1 saturated heterocycles. The highest BCUT2D eigenvalue weighted by molar-refractivity contribution is 7.89. The number of ether oxygens (including phenoxy) is 1. The van der Waals surface area contributed by atoms with Gasteiger partial charge in [0.1, 0.15) is 5.75 Å². The van der Waals surface area contributed by atoms with Crippen LogP contribution in [0.3, 0.4) is 0 Å². The molecule has 0 amide bonds. The molecule has 1 aromatic carbocycles. The molecule has 0 spiro atoms. The lowest BCUT2D eigenvalue weighted by atomic mass is 9.98. The lowest BCUT2D eigenvalue weighted by molar-refractivity contribution is -0.0498. The van der Waals surface area contributed by atoms with Crippen LogP contribution in [0.5, 0.6) is 5.75 Å². The van der Waals surface area contributed by atoms with Gasteiger partial charge in [-0.2, -0.15) is 13.1 Å². The van der Waals surface area contributed by atoms with Gasteiger partial charge in [-0.1, -0.05) is 18.5 Å². The van der Waals surface area contributed by atoms with Gasteiger partial charge in [-0.15, -0.1) is 0 Å². The molecule has 24 heavy (non-hydrogen) atoms. The minimum atomic E-state index is -3.69. The normalized spacial score (nSPS) is 17.4. The number of nitrogens with one attached hydrogen (secondary N) is 1. The second kappa shape index (κ2) is 8.42. The maximum Gasteiger partial charge on any atom is 0.387 e. The maximum atomic E-state index is 12.7. The highest BCUT2D eigenvalue weighted by Gasteiger charge is 2.29. The standard InChI is InChI=1S/C15H21ClF2N2O3S/c1-2-19-10-11-5-7-20(8-6-11)24(21,22)12-3-4-14(13(16)9-12)23-15(17)18/h3-4,9,11,15,19H,2,5-8,10H2,1H3. The largest absolute Gasteiger partial charge is 0.433 e. The summed E-state index contributed by atoms with van der Waals surface area (Å²) in [5, 5.41) is 3.12. The number of halogens is 3. The first kappa shape index (κ1) is 19.4. The molecule has 9 heteroatoms. The number of nitrogens with zero attached hydrogens (tertiary/aromatic N) is 1. The molecular formula is C15H21ClF2N2O3S. The SMILES string of the molecule is CCNCC1CCN(S(=O)(=O)c2ccc(OC(F)F)c(Cl)c2)CC1. The predicted molar refractivity (Wildman–Crippen MR) is 88.1 cm³/mol. The van der Waals surface area contributed by atoms with Crippen molar-refractivity contribution in [2.75, 3.05) is 26.2 Å². The molecule has 0 atom stereocenters. The van der Waals surface area contributed by atoms with Crippen LogP contribution in [-0.2, 0) is 10.0 Å². The topological polar surface area (TPSA) is 58.6 Å². The smallest absolute Gasteiger partial charge is 0.387 e. The third kappa shape index (κ3) is 4.78. The molecule has 0 aromatic heterocycles. The summed E-state index contributed by atoms with van der Waals surface area (Å²) in [6, 6.07) is 3.54. The molecular weight excluding hydrogens is 362 g/mol. The molecule has 0 bridgehead atoms. The van der Waals surface area contributed by atoms with Gasteiger partial charge in [-0.05, 0) is 50.0 Å². The fraction of sp³-hybridized carbons (Fsp3) is 0.600. The van der Waals surface area contributed by atoms with Crippen LogP contribution in [0.25, 0.3) is 0 Å². The van der Waals surface area contributed by atoms with E-state index in [4.69, 9.17) is 11.6 Å². The van der Waals surface area contributed by atoms with Crippen molar-refractivity contribution in [3.63, 3.8) is 0 Å². The van der Waals surface area contributed by atoms with Gasteiger partial charge >= 0.3 is 6.61 Å². The lowest BCUT2D eigenvalue weighted by Crippen LogP contribution is -2.40. The van der Waals surface area contributed by atoms with Gasteiger partial charge in [0, 0.05) is 13.1 Å². The number of sulfonamides is 1. The molecule has 2 rings (SSSR count). The molecule has 1 fully saturated rings. The van der Waals surface area contributed by atoms with Crippen molar-refractivity contribution in [3.05, 3.63) is 23.2 Å². The summed E-state index contributed by atoms with van der Waals surface area (Å²) in [5.74, 6) is 0.219. The van der Waals surface area contributed by atoms with E-state index in [9.17, 15) is 17.2 Å². The van der Waals surface area contributed by atoms with E-state index in [-0.39, 0.29) is 15.7 Å². The Hall–Kier alpha value is -0.960. The summed E-state index contributed by atoms with van der Waals surface area (Å²) in [5.41, 5.74) is 0. The van der Waals surface area contributed by atoms with E-state index >= 15 is 0 Å². The Morgan fingerprint density at radius 2 is 2.04 bits per heavy atom. The first-order chi connectivity index (χ1) is 11.3. The van der Waals surface area contributed by atoms with E-state index in [0.717, 1.165) is 38.1 Å². The molecule has 5 nitrogen and oxygen atoms in total. The minimum Gasteiger partial charge on any atom is -0.433 e. The van der Waals surface area contributed by atoms with Crippen molar-refractivity contribution in [2.24, 2.45) is 5.92 Å². The highest BCUT2D eigenvalue weighted by Crippen LogP contribution is 2.31. The lowest BCUT2D eigenvalue weighted by Gasteiger charge is -2.31. The average Bonchev–Trinajstić information content (AvgIpc) is 2.54. The van der Waals surface area contributed by atoms with E-state index in [1.54, 1.807) is 0 Å². The molecule has 1 heterocycles. The summed E-state index contributed by atoms with van der Waals surface area (Å²) in [6.07, 6.45) is 1.57. The van der Waals surface area contributed by atoms with E-state index in [0.29, 0.717) is 19.0 Å². The molecule has 0 radical (unpaired) electrons. The Kier molecular flexibility index (Phi) is 6.79. The van der Waals surface area contributed by atoms with Crippen LogP contribution in [-0.4, -0.2) is 45.5 Å². The number of piperidine rings is 1. The summed E-state index contributed by atoms with van der Waals surface area (Å²) in [4.78, 5) is -0.0146. The zero-order chi connectivity index (χ0) is 17.7. The van der Waals surface area contributed by atoms with Crippen molar-refractivity contribution in [1.82, 2.24) is 9.62 Å². The number of hydrogen-bond acceptors (Lipinski definition) is 4. The first-order valence-electron chi connectivity index (χ1n) is 7.79. The predicted octanol–water partition coefficient (Wildman–Crippen LogP) is 2.95. The molecule has 1 aliphatic heterocycles. The Bertz CT molecular complexity index is 650. The molecule has 0 saturated carbocycles. The number of benzene rings is 1. The van der Waals surface area contributed by atoms with Crippen molar-refractivity contribution in [2.45, 2.75) is 31.3 Å². The van der Waals surface area contributed by atoms with Gasteiger partial charge in [0.25, 0.3) is 0 Å². The fourth-order valence-corrected chi connectivity index (χ4v) is 4.47. The Morgan fingerprint density at radius 1 is 1.38 bits per heavy atom. The Labute approximate surface area is 146 Å². The molecule has 1 aliphatic rings. The van der Waals surface area contributed by atoms with Crippen molar-refractivity contribution >= 4 is 21.6 Å². The van der Waals surface area contributed by atoms with Crippen LogP contribution in [0, 0.1) is 5.92 Å². The van der Waals surface area contributed by atoms with Gasteiger partial charge in [0.05, 0.1) is 9.92 Å². The second-order valence-corrected chi connectivity index (χ2v) is 7.97. The van der Waals surface area contributed by atoms with Gasteiger partial charge in [0.2, 0.25) is 10.0 Å². The van der Waals surface area contributed by atoms with Gasteiger partial charge in [0.15, 0.2) is 0 Å². The second-order valence-electron chi connectivity index (χ2n) is 5.63. The van der Waals surface area contributed by atoms with E-state index in [2.05, 4.69) is 10.1 Å². The Morgan fingerprint density at radius 3 is 2.58 bits per heavy atom. The van der Waals surface area contributed by atoms with Gasteiger partial charge in [-0.3, -0.25) is 0 Å². The molecule has 0 aliphatic carbocycles. The fourth-order valence-electron chi connectivity index (χ4n) is 2.68. The molecule has 1 aromatic rings. The van der Waals surface area contributed by atoms with Gasteiger partial charge < -0.3 is 10.1 Å². The summed E-state index contributed by atoms with van der Waals surface area (Å²) in [7, 11) is -3.69. The van der Waals surface area contributed by atoms with Crippen LogP contribution in [0.1, 0.15) is 19.8 Å². The summed E-state index contributed by atoms with van der Waals surface area (Å²) >= 11 is 5.85. The third-order valence-corrected chi connectivity index (χ3v) is 6.20. The molecule has 0 unspecified atom stereocenters. The van der Waals surface area contributed by atoms with Crippen molar-refractivity contribution in [1.29, 1.82) is 0 Å². The van der Waals surface area contributed by atoms with Crippen LogP contribution in [0.2, 0.25) is 5.02 Å². The van der Waals surface area contributed by atoms with E-state index < -0.39 is 16.6 Å². The summed E-state index contributed by atoms with van der Waals surface area (Å²) < 4.78 is 55.4. The first-order valence-corrected chi connectivity index (χ1v) is 9.61. The average molecular weight is 383 g/mol. The quantitative estimate of drug-likeness (QED) is 0.787. The number of alkyl halides is 2.